The molecule has 0 aliphatic carbocycles. The summed E-state index contributed by atoms with van der Waals surface area (Å²) >= 11 is 0. The maximum atomic E-state index is 11.3. The molecule has 15 heavy (non-hydrogen) atoms. The molecule has 0 aliphatic heterocycles. The quantitative estimate of drug-likeness (QED) is 0.635. The van der Waals surface area contributed by atoms with Gasteiger partial charge >= 0.3 is 11.9 Å². The van der Waals surface area contributed by atoms with Gasteiger partial charge in [-0.1, -0.05) is 20.8 Å². The van der Waals surface area contributed by atoms with Crippen molar-refractivity contribution in [3.63, 3.8) is 0 Å². The summed E-state index contributed by atoms with van der Waals surface area (Å²) in [5, 5.41) is 0. The lowest BCUT2D eigenvalue weighted by molar-refractivity contribution is -0.149. The van der Waals surface area contributed by atoms with Crippen LogP contribution in [0.4, 0.5) is 0 Å². The minimum absolute atomic E-state index is 0.0539. The van der Waals surface area contributed by atoms with Crippen molar-refractivity contribution in [1.29, 1.82) is 0 Å². The van der Waals surface area contributed by atoms with E-state index in [9.17, 15) is 9.59 Å². The Morgan fingerprint density at radius 3 is 2.33 bits per heavy atom. The molecular formula is C11H20O4. The second-order valence-electron chi connectivity index (χ2n) is 3.71. The highest BCUT2D eigenvalue weighted by Crippen LogP contribution is 2.16. The average molecular weight is 216 g/mol. The zero-order valence-electron chi connectivity index (χ0n) is 9.91. The maximum Gasteiger partial charge on any atom is 0.308 e. The molecule has 2 atom stereocenters. The lowest BCUT2D eigenvalue weighted by Crippen LogP contribution is -2.23. The van der Waals surface area contributed by atoms with Gasteiger partial charge in [-0.05, 0) is 12.3 Å². The molecule has 0 saturated carbocycles. The van der Waals surface area contributed by atoms with E-state index in [2.05, 4.69) is 4.74 Å². The molecule has 0 spiro atoms. The molecule has 0 bridgehead atoms. The minimum Gasteiger partial charge on any atom is -0.469 e. The van der Waals surface area contributed by atoms with Crippen molar-refractivity contribution in [2.75, 3.05) is 13.7 Å². The smallest absolute Gasteiger partial charge is 0.308 e. The van der Waals surface area contributed by atoms with Crippen LogP contribution < -0.4 is 0 Å². The Labute approximate surface area is 90.9 Å². The SMILES string of the molecule is CCCOC(=O)CC(C)C(C)C(=O)OC. The number of hydrogen-bond donors (Lipinski definition) is 0. The Morgan fingerprint density at radius 2 is 1.87 bits per heavy atom. The summed E-state index contributed by atoms with van der Waals surface area (Å²) in [7, 11) is 1.35. The summed E-state index contributed by atoms with van der Waals surface area (Å²) in [4.78, 5) is 22.4. The molecular weight excluding hydrogens is 196 g/mol. The molecule has 0 radical (unpaired) electrons. The molecule has 0 aliphatic rings. The average Bonchev–Trinajstić information content (AvgIpc) is 2.23. The fourth-order valence-corrected chi connectivity index (χ4v) is 1.13. The minimum atomic E-state index is -0.286. The first kappa shape index (κ1) is 13.9. The van der Waals surface area contributed by atoms with Gasteiger partial charge in [0, 0.05) is 6.42 Å². The molecule has 0 N–H and O–H groups in total. The molecule has 0 aromatic heterocycles. The van der Waals surface area contributed by atoms with Crippen molar-refractivity contribution in [1.82, 2.24) is 0 Å². The highest BCUT2D eigenvalue weighted by Gasteiger charge is 2.23. The Kier molecular flexibility index (Phi) is 6.75. The molecule has 0 amide bonds. The van der Waals surface area contributed by atoms with Gasteiger partial charge in [0.15, 0.2) is 0 Å². The molecule has 0 saturated heterocycles. The lowest BCUT2D eigenvalue weighted by Gasteiger charge is -2.16. The third-order valence-corrected chi connectivity index (χ3v) is 2.38. The van der Waals surface area contributed by atoms with E-state index in [-0.39, 0.29) is 30.2 Å². The van der Waals surface area contributed by atoms with Crippen LogP contribution in [0.1, 0.15) is 33.6 Å². The monoisotopic (exact) mass is 216 g/mol. The van der Waals surface area contributed by atoms with Crippen molar-refractivity contribution >= 4 is 11.9 Å². The van der Waals surface area contributed by atoms with Crippen LogP contribution in [0.25, 0.3) is 0 Å². The van der Waals surface area contributed by atoms with E-state index in [0.717, 1.165) is 6.42 Å². The Hall–Kier alpha value is -1.06. The van der Waals surface area contributed by atoms with Gasteiger partial charge < -0.3 is 9.47 Å². The predicted octanol–water partition coefficient (Wildman–Crippen LogP) is 1.77. The zero-order chi connectivity index (χ0) is 11.8. The van der Waals surface area contributed by atoms with Gasteiger partial charge in [-0.25, -0.2) is 0 Å². The zero-order valence-corrected chi connectivity index (χ0v) is 9.91. The van der Waals surface area contributed by atoms with Crippen LogP contribution in [0.2, 0.25) is 0 Å². The topological polar surface area (TPSA) is 52.6 Å². The summed E-state index contributed by atoms with van der Waals surface area (Å²) in [6.45, 7) is 5.98. The number of ether oxygens (including phenoxy) is 2. The van der Waals surface area contributed by atoms with E-state index in [1.165, 1.54) is 7.11 Å². The van der Waals surface area contributed by atoms with Crippen LogP contribution in [0.15, 0.2) is 0 Å². The molecule has 4 heteroatoms. The van der Waals surface area contributed by atoms with Gasteiger partial charge in [0.05, 0.1) is 19.6 Å². The normalized spacial score (nSPS) is 14.1. The van der Waals surface area contributed by atoms with Crippen molar-refractivity contribution < 1.29 is 19.1 Å². The van der Waals surface area contributed by atoms with Crippen LogP contribution in [0.3, 0.4) is 0 Å². The Balaban J connectivity index is 3.95. The van der Waals surface area contributed by atoms with E-state index in [0.29, 0.717) is 6.61 Å². The van der Waals surface area contributed by atoms with E-state index < -0.39 is 0 Å². The fourth-order valence-electron chi connectivity index (χ4n) is 1.13. The molecule has 2 unspecified atom stereocenters. The van der Waals surface area contributed by atoms with Crippen molar-refractivity contribution in [3.8, 4) is 0 Å². The first-order chi connectivity index (χ1) is 7.02. The molecule has 88 valence electrons. The molecule has 0 aromatic carbocycles. The highest BCUT2D eigenvalue weighted by atomic mass is 16.5. The highest BCUT2D eigenvalue weighted by molar-refractivity contribution is 5.74. The van der Waals surface area contributed by atoms with E-state index in [4.69, 9.17) is 4.74 Å². The van der Waals surface area contributed by atoms with Crippen LogP contribution in [-0.2, 0) is 19.1 Å². The summed E-state index contributed by atoms with van der Waals surface area (Å²) in [6, 6.07) is 0. The van der Waals surface area contributed by atoms with Gasteiger partial charge in [-0.2, -0.15) is 0 Å². The molecule has 0 aromatic rings. The van der Waals surface area contributed by atoms with Gasteiger partial charge in [-0.3, -0.25) is 9.59 Å². The summed E-state index contributed by atoms with van der Waals surface area (Å²) in [6.07, 6.45) is 1.07. The van der Waals surface area contributed by atoms with Crippen LogP contribution in [-0.4, -0.2) is 25.7 Å². The summed E-state index contributed by atoms with van der Waals surface area (Å²) in [5.41, 5.74) is 0. The van der Waals surface area contributed by atoms with E-state index >= 15 is 0 Å². The predicted molar refractivity (Wildman–Crippen MR) is 56.2 cm³/mol. The third kappa shape index (κ3) is 5.40. The Bertz CT molecular complexity index is 213. The summed E-state index contributed by atoms with van der Waals surface area (Å²) < 4.78 is 9.54. The second kappa shape index (κ2) is 7.26. The maximum absolute atomic E-state index is 11.3. The number of carbonyl (C=O) groups excluding carboxylic acids is 2. The molecule has 0 rings (SSSR count). The van der Waals surface area contributed by atoms with Crippen LogP contribution in [0, 0.1) is 11.8 Å². The number of hydrogen-bond acceptors (Lipinski definition) is 4. The van der Waals surface area contributed by atoms with Gasteiger partial charge in [0.25, 0.3) is 0 Å². The van der Waals surface area contributed by atoms with E-state index in [1.807, 2.05) is 13.8 Å². The van der Waals surface area contributed by atoms with Crippen molar-refractivity contribution in [3.05, 3.63) is 0 Å². The van der Waals surface area contributed by atoms with Crippen LogP contribution >= 0.6 is 0 Å². The Morgan fingerprint density at radius 1 is 1.27 bits per heavy atom. The van der Waals surface area contributed by atoms with Gasteiger partial charge in [0.1, 0.15) is 0 Å². The molecule has 0 fully saturated rings. The first-order valence-electron chi connectivity index (χ1n) is 5.26. The lowest BCUT2D eigenvalue weighted by atomic mass is 9.93. The molecule has 4 nitrogen and oxygen atoms in total. The van der Waals surface area contributed by atoms with E-state index in [1.54, 1.807) is 6.92 Å². The van der Waals surface area contributed by atoms with Crippen molar-refractivity contribution in [2.45, 2.75) is 33.6 Å². The number of rotatable bonds is 6. The number of methoxy groups -OCH3 is 1. The number of esters is 2. The van der Waals surface area contributed by atoms with Crippen molar-refractivity contribution in [2.24, 2.45) is 11.8 Å². The molecule has 0 heterocycles. The summed E-state index contributed by atoms with van der Waals surface area (Å²) in [5.74, 6) is -0.864. The third-order valence-electron chi connectivity index (χ3n) is 2.38. The largest absolute Gasteiger partial charge is 0.469 e. The van der Waals surface area contributed by atoms with Gasteiger partial charge in [-0.15, -0.1) is 0 Å². The van der Waals surface area contributed by atoms with Gasteiger partial charge in [0.2, 0.25) is 0 Å². The van der Waals surface area contributed by atoms with Crippen LogP contribution in [0.5, 0.6) is 0 Å². The number of carbonyl (C=O) groups is 2. The first-order valence-corrected chi connectivity index (χ1v) is 5.26. The fraction of sp³-hybridized carbons (Fsp3) is 0.818. The second-order valence-corrected chi connectivity index (χ2v) is 3.71. The standard InChI is InChI=1S/C11H20O4/c1-5-6-15-10(12)7-8(2)9(3)11(13)14-4/h8-9H,5-7H2,1-4H3.